The second-order valence-electron chi connectivity index (χ2n) is 6.90. The van der Waals surface area contributed by atoms with Gasteiger partial charge in [-0.05, 0) is 67.5 Å². The second kappa shape index (κ2) is 7.02. The van der Waals surface area contributed by atoms with Gasteiger partial charge in [0.05, 0.1) is 5.57 Å². The van der Waals surface area contributed by atoms with E-state index in [0.717, 1.165) is 52.7 Å². The Morgan fingerprint density at radius 2 is 2.04 bits per heavy atom. The number of nitrogens with one attached hydrogen (secondary N) is 2. The van der Waals surface area contributed by atoms with Crippen molar-refractivity contribution in [2.45, 2.75) is 44.8 Å². The van der Waals surface area contributed by atoms with Crippen LogP contribution in [0.5, 0.6) is 0 Å². The molecule has 4 N–H and O–H groups in total. The molecule has 6 heteroatoms. The number of aromatic nitrogens is 1. The number of hydrogen-bond donors (Lipinski definition) is 4. The highest BCUT2D eigenvalue weighted by atomic mass is 79.9. The summed E-state index contributed by atoms with van der Waals surface area (Å²) >= 11 is 3.47. The Kier molecular flexibility index (Phi) is 4.73. The highest BCUT2D eigenvalue weighted by Gasteiger charge is 2.26. The van der Waals surface area contributed by atoms with E-state index >= 15 is 0 Å². The van der Waals surface area contributed by atoms with E-state index in [-0.39, 0.29) is 12.3 Å². The number of anilines is 1. The smallest absolute Gasteiger partial charge is 0.256 e. The van der Waals surface area contributed by atoms with Crippen molar-refractivity contribution in [3.63, 3.8) is 0 Å². The van der Waals surface area contributed by atoms with E-state index < -0.39 is 6.29 Å². The number of aliphatic hydroxyl groups excluding tert-OH is 1. The minimum absolute atomic E-state index is 0.112. The van der Waals surface area contributed by atoms with Crippen LogP contribution in [0.1, 0.15) is 47.3 Å². The zero-order valence-electron chi connectivity index (χ0n) is 14.3. The van der Waals surface area contributed by atoms with E-state index in [9.17, 15) is 15.0 Å². The fourth-order valence-corrected chi connectivity index (χ4v) is 4.27. The van der Waals surface area contributed by atoms with Gasteiger partial charge in [0.2, 0.25) is 0 Å². The lowest BCUT2D eigenvalue weighted by atomic mass is 9.92. The minimum atomic E-state index is -1.32. The fraction of sp³-hybridized carbons (Fsp3) is 0.350. The van der Waals surface area contributed by atoms with E-state index in [1.54, 1.807) is 0 Å². The van der Waals surface area contributed by atoms with Crippen LogP contribution in [0.25, 0.3) is 11.6 Å². The number of aliphatic hydroxyl groups is 2. The molecule has 1 aromatic heterocycles. The first-order chi connectivity index (χ1) is 12.5. The molecule has 0 radical (unpaired) electrons. The number of fused-ring (bicyclic) bond motifs is 2. The molecule has 1 aliphatic heterocycles. The van der Waals surface area contributed by atoms with Crippen LogP contribution >= 0.6 is 15.9 Å². The van der Waals surface area contributed by atoms with Gasteiger partial charge in [0.15, 0.2) is 6.29 Å². The Labute approximate surface area is 160 Å². The Hall–Kier alpha value is -1.89. The molecular weight excluding hydrogens is 396 g/mol. The molecule has 0 spiro atoms. The zero-order valence-corrected chi connectivity index (χ0v) is 15.9. The fourth-order valence-electron chi connectivity index (χ4n) is 3.91. The van der Waals surface area contributed by atoms with Gasteiger partial charge in [-0.2, -0.15) is 0 Å². The van der Waals surface area contributed by atoms with E-state index in [0.29, 0.717) is 12.0 Å². The molecule has 0 fully saturated rings. The number of H-pyrrole nitrogens is 1. The van der Waals surface area contributed by atoms with Crippen LogP contribution in [0, 0.1) is 0 Å². The van der Waals surface area contributed by atoms with Crippen molar-refractivity contribution in [2.24, 2.45) is 0 Å². The highest BCUT2D eigenvalue weighted by molar-refractivity contribution is 9.10. The molecule has 0 saturated heterocycles. The first kappa shape index (κ1) is 17.5. The second-order valence-corrected chi connectivity index (χ2v) is 7.82. The molecule has 0 atom stereocenters. The topological polar surface area (TPSA) is 85.4 Å². The Morgan fingerprint density at radius 3 is 2.85 bits per heavy atom. The van der Waals surface area contributed by atoms with Crippen LogP contribution in [-0.2, 0) is 24.1 Å². The maximum Gasteiger partial charge on any atom is 0.256 e. The predicted molar refractivity (Wildman–Crippen MR) is 105 cm³/mol. The number of aryl methyl sites for hydroxylation is 1. The number of halogens is 1. The van der Waals surface area contributed by atoms with Gasteiger partial charge in [-0.25, -0.2) is 0 Å². The quantitative estimate of drug-likeness (QED) is 0.455. The van der Waals surface area contributed by atoms with Crippen LogP contribution in [0.3, 0.4) is 0 Å². The van der Waals surface area contributed by atoms with Crippen molar-refractivity contribution in [2.75, 3.05) is 5.32 Å². The molecule has 0 bridgehead atoms. The molecule has 0 unspecified atom stereocenters. The summed E-state index contributed by atoms with van der Waals surface area (Å²) in [6.45, 7) is 0. The summed E-state index contributed by atoms with van der Waals surface area (Å²) < 4.78 is 0.924. The number of aromatic amines is 1. The maximum atomic E-state index is 12.5. The standard InChI is InChI=1S/C20H21BrN2O3/c21-11-5-7-17-14(9-11)15(20(26)23-17)10-18-13(6-8-19(24)25)12-3-1-2-4-16(12)22-18/h5,7,9-10,19,22,24-25H,1-4,6,8H2,(H,23,26)/b15-10+. The van der Waals surface area contributed by atoms with Crippen LogP contribution in [-0.4, -0.2) is 27.4 Å². The first-order valence-corrected chi connectivity index (χ1v) is 9.74. The van der Waals surface area contributed by atoms with Gasteiger partial charge < -0.3 is 20.5 Å². The van der Waals surface area contributed by atoms with Crippen LogP contribution in [0.4, 0.5) is 5.69 Å². The highest BCUT2D eigenvalue weighted by Crippen LogP contribution is 2.37. The Bertz CT molecular complexity index is 899. The van der Waals surface area contributed by atoms with Crippen LogP contribution in [0.2, 0.25) is 0 Å². The molecule has 4 rings (SSSR count). The zero-order chi connectivity index (χ0) is 18.3. The molecule has 1 aromatic carbocycles. The summed E-state index contributed by atoms with van der Waals surface area (Å²) in [6, 6.07) is 5.74. The molecule has 26 heavy (non-hydrogen) atoms. The molecule has 2 aliphatic rings. The van der Waals surface area contributed by atoms with Crippen molar-refractivity contribution in [3.05, 3.63) is 50.8 Å². The van der Waals surface area contributed by atoms with Gasteiger partial charge >= 0.3 is 0 Å². The Morgan fingerprint density at radius 1 is 1.23 bits per heavy atom. The van der Waals surface area contributed by atoms with Crippen molar-refractivity contribution < 1.29 is 15.0 Å². The molecule has 2 heterocycles. The molecule has 136 valence electrons. The molecule has 1 aliphatic carbocycles. The molecule has 0 saturated carbocycles. The number of rotatable bonds is 4. The number of benzene rings is 1. The van der Waals surface area contributed by atoms with Crippen molar-refractivity contribution in [1.29, 1.82) is 0 Å². The van der Waals surface area contributed by atoms with E-state index in [1.165, 1.54) is 11.3 Å². The molecule has 1 amide bonds. The summed E-state index contributed by atoms with van der Waals surface area (Å²) in [7, 11) is 0. The van der Waals surface area contributed by atoms with E-state index in [1.807, 2.05) is 24.3 Å². The summed E-state index contributed by atoms with van der Waals surface area (Å²) in [5, 5.41) is 21.5. The summed E-state index contributed by atoms with van der Waals surface area (Å²) in [6.07, 6.45) is 5.75. The average molecular weight is 417 g/mol. The Balaban J connectivity index is 1.78. The summed E-state index contributed by atoms with van der Waals surface area (Å²) in [5.74, 6) is -0.112. The lowest BCUT2D eigenvalue weighted by Gasteiger charge is -2.13. The summed E-state index contributed by atoms with van der Waals surface area (Å²) in [4.78, 5) is 16.0. The maximum absolute atomic E-state index is 12.5. The predicted octanol–water partition coefficient (Wildman–Crippen LogP) is 3.39. The third-order valence-electron chi connectivity index (χ3n) is 5.15. The van der Waals surface area contributed by atoms with Crippen molar-refractivity contribution in [1.82, 2.24) is 4.98 Å². The van der Waals surface area contributed by atoms with Crippen LogP contribution < -0.4 is 5.32 Å². The van der Waals surface area contributed by atoms with Gasteiger partial charge in [0.25, 0.3) is 5.91 Å². The normalized spacial score (nSPS) is 17.5. The lowest BCUT2D eigenvalue weighted by molar-refractivity contribution is -0.110. The van der Waals surface area contributed by atoms with Crippen LogP contribution in [0.15, 0.2) is 22.7 Å². The number of carbonyl (C=O) groups excluding carboxylic acids is 1. The monoisotopic (exact) mass is 416 g/mol. The van der Waals surface area contributed by atoms with Gasteiger partial charge in [0.1, 0.15) is 0 Å². The van der Waals surface area contributed by atoms with Crippen molar-refractivity contribution >= 4 is 39.2 Å². The lowest BCUT2D eigenvalue weighted by Crippen LogP contribution is -2.08. The largest absolute Gasteiger partial charge is 0.368 e. The minimum Gasteiger partial charge on any atom is -0.368 e. The van der Waals surface area contributed by atoms with E-state index in [4.69, 9.17) is 0 Å². The van der Waals surface area contributed by atoms with Gasteiger partial charge in [-0.15, -0.1) is 0 Å². The first-order valence-electron chi connectivity index (χ1n) is 8.94. The third kappa shape index (κ3) is 3.24. The van der Waals surface area contributed by atoms with Gasteiger partial charge in [0, 0.05) is 33.5 Å². The van der Waals surface area contributed by atoms with Crippen molar-refractivity contribution in [3.8, 4) is 0 Å². The third-order valence-corrected chi connectivity index (χ3v) is 5.64. The van der Waals surface area contributed by atoms with E-state index in [2.05, 4.69) is 26.2 Å². The van der Waals surface area contributed by atoms with Gasteiger partial charge in [-0.1, -0.05) is 15.9 Å². The number of carbonyl (C=O) groups is 1. The SMILES string of the molecule is O=C1Nc2ccc(Br)cc2/C1=C\c1[nH]c2c(c1CCC(O)O)CCCC2. The summed E-state index contributed by atoms with van der Waals surface area (Å²) in [5.41, 5.74) is 6.85. The molecule has 2 aromatic rings. The molecular formula is C20H21BrN2O3. The van der Waals surface area contributed by atoms with Gasteiger partial charge in [-0.3, -0.25) is 4.79 Å². The molecule has 5 nitrogen and oxygen atoms in total. The number of hydrogen-bond acceptors (Lipinski definition) is 3. The average Bonchev–Trinajstić information content (AvgIpc) is 3.11. The number of amides is 1.